The maximum absolute atomic E-state index is 13.1. The molecule has 0 radical (unpaired) electrons. The van der Waals surface area contributed by atoms with Gasteiger partial charge < -0.3 is 15.4 Å². The first-order valence-corrected chi connectivity index (χ1v) is 11.5. The lowest BCUT2D eigenvalue weighted by Crippen LogP contribution is -2.44. The number of carbonyl (C=O) groups excluding carboxylic acids is 3. The van der Waals surface area contributed by atoms with Crippen molar-refractivity contribution in [2.75, 3.05) is 18.2 Å². The molecule has 0 saturated carbocycles. The molecule has 7 nitrogen and oxygen atoms in total. The van der Waals surface area contributed by atoms with Gasteiger partial charge in [0.2, 0.25) is 11.8 Å². The number of benzene rings is 2. The van der Waals surface area contributed by atoms with Gasteiger partial charge in [0.05, 0.1) is 29.5 Å². The Kier molecular flexibility index (Phi) is 8.08. The molecule has 0 fully saturated rings. The quantitative estimate of drug-likeness (QED) is 0.456. The molecule has 1 heterocycles. The summed E-state index contributed by atoms with van der Waals surface area (Å²) < 4.78 is 17.9. The molecular formula is C25H24FN3O4S. The first-order chi connectivity index (χ1) is 16.2. The number of ether oxygens (including phenoxy) is 1. The van der Waals surface area contributed by atoms with Crippen molar-refractivity contribution in [3.63, 3.8) is 0 Å². The summed E-state index contributed by atoms with van der Waals surface area (Å²) in [5.74, 6) is -4.09. The molecular weight excluding hydrogens is 457 g/mol. The minimum atomic E-state index is -1.23. The van der Waals surface area contributed by atoms with E-state index >= 15 is 0 Å². The minimum absolute atomic E-state index is 0.111. The van der Waals surface area contributed by atoms with Gasteiger partial charge in [-0.1, -0.05) is 49.9 Å². The van der Waals surface area contributed by atoms with Crippen molar-refractivity contribution in [1.82, 2.24) is 5.32 Å². The van der Waals surface area contributed by atoms with Crippen LogP contribution in [-0.2, 0) is 19.1 Å². The molecule has 0 bridgehead atoms. The van der Waals surface area contributed by atoms with Gasteiger partial charge in [0, 0.05) is 11.6 Å². The number of halogens is 1. The van der Waals surface area contributed by atoms with Crippen LogP contribution in [-0.4, -0.2) is 30.6 Å². The molecule has 0 unspecified atom stereocenters. The van der Waals surface area contributed by atoms with Crippen molar-refractivity contribution in [3.8, 4) is 6.07 Å². The SMILES string of the molecule is COC(=O)[C@H]1C(=O)NC(SCC(=O)Nc2ccc(F)cc2)=C(C#N)[C@H]1c1ccc(C(C)C)cc1. The van der Waals surface area contributed by atoms with Crippen LogP contribution in [0.25, 0.3) is 0 Å². The number of nitrogens with one attached hydrogen (secondary N) is 2. The monoisotopic (exact) mass is 481 g/mol. The molecule has 3 rings (SSSR count). The van der Waals surface area contributed by atoms with E-state index in [0.717, 1.165) is 17.3 Å². The third-order valence-corrected chi connectivity index (χ3v) is 6.44. The third kappa shape index (κ3) is 5.64. The highest BCUT2D eigenvalue weighted by molar-refractivity contribution is 8.03. The van der Waals surface area contributed by atoms with Gasteiger partial charge in [-0.15, -0.1) is 0 Å². The number of esters is 1. The standard InChI is InChI=1S/C25H24FN3O4S/c1-14(2)15-4-6-16(7-5-15)21-19(12-27)24(29-23(31)22(21)25(32)33-3)34-13-20(30)28-18-10-8-17(26)9-11-18/h4-11,14,21-22H,13H2,1-3H3,(H,28,30)(H,29,31)/t21-,22-/m1/s1. The van der Waals surface area contributed by atoms with Crippen molar-refractivity contribution in [3.05, 3.63) is 76.1 Å². The van der Waals surface area contributed by atoms with Crippen LogP contribution in [0.2, 0.25) is 0 Å². The fourth-order valence-electron chi connectivity index (χ4n) is 3.64. The molecule has 2 N–H and O–H groups in total. The number of nitrogens with zero attached hydrogens (tertiary/aromatic N) is 1. The lowest BCUT2D eigenvalue weighted by molar-refractivity contribution is -0.150. The highest BCUT2D eigenvalue weighted by Crippen LogP contribution is 2.40. The Labute approximate surface area is 201 Å². The molecule has 0 spiro atoms. The number of thioether (sulfide) groups is 1. The molecule has 2 atom stereocenters. The van der Waals surface area contributed by atoms with E-state index in [2.05, 4.69) is 16.7 Å². The summed E-state index contributed by atoms with van der Waals surface area (Å²) in [5.41, 5.74) is 2.29. The van der Waals surface area contributed by atoms with Crippen LogP contribution in [0.5, 0.6) is 0 Å². The smallest absolute Gasteiger partial charge is 0.319 e. The third-order valence-electron chi connectivity index (χ3n) is 5.42. The van der Waals surface area contributed by atoms with Gasteiger partial charge in [0.15, 0.2) is 0 Å². The van der Waals surface area contributed by atoms with Crippen LogP contribution < -0.4 is 10.6 Å². The Morgan fingerprint density at radius 3 is 2.38 bits per heavy atom. The molecule has 9 heteroatoms. The number of allylic oxidation sites excluding steroid dienone is 1. The number of amides is 2. The number of rotatable bonds is 7. The zero-order valence-corrected chi connectivity index (χ0v) is 19.7. The molecule has 176 valence electrons. The summed E-state index contributed by atoms with van der Waals surface area (Å²) in [6.07, 6.45) is 0. The Morgan fingerprint density at radius 2 is 1.82 bits per heavy atom. The van der Waals surface area contributed by atoms with Gasteiger partial charge in [-0.25, -0.2) is 4.39 Å². The Bertz CT molecular complexity index is 1150. The number of methoxy groups -OCH3 is 1. The number of carbonyl (C=O) groups is 3. The summed E-state index contributed by atoms with van der Waals surface area (Å²) >= 11 is 0.979. The van der Waals surface area contributed by atoms with Crippen molar-refractivity contribution >= 4 is 35.2 Å². The molecule has 0 saturated heterocycles. The second-order valence-electron chi connectivity index (χ2n) is 7.99. The topological polar surface area (TPSA) is 108 Å². The van der Waals surface area contributed by atoms with E-state index in [-0.39, 0.29) is 22.3 Å². The van der Waals surface area contributed by atoms with Gasteiger partial charge in [-0.2, -0.15) is 5.26 Å². The Hall–Kier alpha value is -3.64. The first-order valence-electron chi connectivity index (χ1n) is 10.6. The van der Waals surface area contributed by atoms with Crippen LogP contribution in [0.4, 0.5) is 10.1 Å². The average molecular weight is 482 g/mol. The van der Waals surface area contributed by atoms with Crippen molar-refractivity contribution in [2.24, 2.45) is 5.92 Å². The minimum Gasteiger partial charge on any atom is -0.468 e. The lowest BCUT2D eigenvalue weighted by atomic mass is 9.78. The van der Waals surface area contributed by atoms with Gasteiger partial charge >= 0.3 is 5.97 Å². The predicted molar refractivity (Wildman–Crippen MR) is 127 cm³/mol. The highest BCUT2D eigenvalue weighted by atomic mass is 32.2. The molecule has 2 aromatic carbocycles. The van der Waals surface area contributed by atoms with Gasteiger partial charge in [0.25, 0.3) is 0 Å². The molecule has 34 heavy (non-hydrogen) atoms. The highest BCUT2D eigenvalue weighted by Gasteiger charge is 2.44. The summed E-state index contributed by atoms with van der Waals surface area (Å²) in [6.45, 7) is 4.10. The van der Waals surface area contributed by atoms with Crippen LogP contribution in [0, 0.1) is 23.1 Å². The van der Waals surface area contributed by atoms with E-state index in [9.17, 15) is 24.0 Å². The van der Waals surface area contributed by atoms with Gasteiger partial charge in [-0.05, 0) is 41.3 Å². The number of anilines is 1. The van der Waals surface area contributed by atoms with Crippen molar-refractivity contribution in [2.45, 2.75) is 25.7 Å². The predicted octanol–water partition coefficient (Wildman–Crippen LogP) is 4.06. The van der Waals surface area contributed by atoms with Crippen LogP contribution in [0.3, 0.4) is 0 Å². The molecule has 2 aromatic rings. The second-order valence-corrected chi connectivity index (χ2v) is 8.97. The summed E-state index contributed by atoms with van der Waals surface area (Å²) in [6, 6.07) is 14.8. The molecule has 1 aliphatic heterocycles. The number of nitriles is 1. The fraction of sp³-hybridized carbons (Fsp3) is 0.280. The Balaban J connectivity index is 1.89. The second kappa shape index (κ2) is 11.0. The maximum atomic E-state index is 13.1. The van der Waals surface area contributed by atoms with E-state index in [4.69, 9.17) is 4.74 Å². The fourth-order valence-corrected chi connectivity index (χ4v) is 4.48. The van der Waals surface area contributed by atoms with E-state index in [1.807, 2.05) is 26.0 Å². The number of hydrogen-bond donors (Lipinski definition) is 2. The summed E-state index contributed by atoms with van der Waals surface area (Å²) in [5, 5.41) is 15.4. The normalized spacial score (nSPS) is 17.7. The van der Waals surface area contributed by atoms with Crippen molar-refractivity contribution in [1.29, 1.82) is 5.26 Å². The van der Waals surface area contributed by atoms with Gasteiger partial charge in [-0.3, -0.25) is 14.4 Å². The lowest BCUT2D eigenvalue weighted by Gasteiger charge is -2.31. The molecule has 0 aromatic heterocycles. The van der Waals surface area contributed by atoms with E-state index in [1.165, 1.54) is 31.4 Å². The summed E-state index contributed by atoms with van der Waals surface area (Å²) in [7, 11) is 1.19. The number of hydrogen-bond acceptors (Lipinski definition) is 6. The zero-order chi connectivity index (χ0) is 24.8. The van der Waals surface area contributed by atoms with E-state index in [0.29, 0.717) is 11.3 Å². The van der Waals surface area contributed by atoms with Crippen LogP contribution in [0.15, 0.2) is 59.1 Å². The van der Waals surface area contributed by atoms with Gasteiger partial charge in [0.1, 0.15) is 11.7 Å². The summed E-state index contributed by atoms with van der Waals surface area (Å²) in [4.78, 5) is 37.7. The average Bonchev–Trinajstić information content (AvgIpc) is 2.83. The van der Waals surface area contributed by atoms with Crippen LogP contribution >= 0.6 is 11.8 Å². The molecule has 2 amide bonds. The maximum Gasteiger partial charge on any atom is 0.319 e. The largest absolute Gasteiger partial charge is 0.468 e. The first kappa shape index (κ1) is 25.0. The molecule has 1 aliphatic rings. The molecule has 0 aliphatic carbocycles. The van der Waals surface area contributed by atoms with Crippen molar-refractivity contribution < 1.29 is 23.5 Å². The zero-order valence-electron chi connectivity index (χ0n) is 18.9. The van der Waals surface area contributed by atoms with Crippen LogP contribution in [0.1, 0.15) is 36.8 Å². The van der Waals surface area contributed by atoms with E-state index in [1.54, 1.807) is 12.1 Å². The van der Waals surface area contributed by atoms with E-state index < -0.39 is 35.4 Å². The Morgan fingerprint density at radius 1 is 1.18 bits per heavy atom.